The molecule has 7 heteroatoms. The summed E-state index contributed by atoms with van der Waals surface area (Å²) in [6.45, 7) is 0. The van der Waals surface area contributed by atoms with Gasteiger partial charge in [0, 0.05) is 7.05 Å². The molecule has 0 aliphatic rings. The molecule has 0 bridgehead atoms. The summed E-state index contributed by atoms with van der Waals surface area (Å²) in [5, 5.41) is 1.96. The molecular weight excluding hydrogens is 150 g/mol. The largest absolute Gasteiger partial charge is 0.747 e. The number of rotatable bonds is 2. The quantitative estimate of drug-likeness (QED) is 0.315. The first-order chi connectivity index (χ1) is 4.16. The van der Waals surface area contributed by atoms with E-state index in [4.69, 9.17) is 0 Å². The number of hydrogen-bond donors (Lipinski definition) is 1. The number of amides is 1. The third kappa shape index (κ3) is 5.21. The lowest BCUT2D eigenvalue weighted by Gasteiger charge is -2.01. The summed E-state index contributed by atoms with van der Waals surface area (Å²) in [6, 6.07) is 0. The monoisotopic (exact) mass is 154 g/mol. The van der Waals surface area contributed by atoms with Crippen LogP contribution in [0.1, 0.15) is 0 Å². The Hall–Kier alpha value is -0.660. The summed E-state index contributed by atoms with van der Waals surface area (Å²) in [5.41, 5.74) is 0. The molecule has 0 aliphatic carbocycles. The van der Waals surface area contributed by atoms with E-state index in [0.29, 0.717) is 0 Å². The lowest BCUT2D eigenvalue weighted by molar-refractivity contribution is -0.137. The Balaban J connectivity index is 3.28. The van der Waals surface area contributed by atoms with Crippen molar-refractivity contribution < 1.29 is 22.8 Å². The molecule has 0 spiro atoms. The van der Waals surface area contributed by atoms with Crippen molar-refractivity contribution in [1.29, 1.82) is 0 Å². The molecule has 0 heterocycles. The Morgan fingerprint density at radius 3 is 2.67 bits per heavy atom. The summed E-state index contributed by atoms with van der Waals surface area (Å²) in [4.78, 5) is 13.6. The van der Waals surface area contributed by atoms with Crippen LogP contribution in [0.4, 0.5) is 4.79 Å². The SMILES string of the molecule is CNC(=O)OOS(=O)[O-]. The summed E-state index contributed by atoms with van der Waals surface area (Å²) >= 11 is -2.82. The topological polar surface area (TPSA) is 87.7 Å². The van der Waals surface area contributed by atoms with Gasteiger partial charge in [0.2, 0.25) is 0 Å². The van der Waals surface area contributed by atoms with Crippen LogP contribution >= 0.6 is 0 Å². The van der Waals surface area contributed by atoms with E-state index in [1.165, 1.54) is 7.05 Å². The van der Waals surface area contributed by atoms with Crippen molar-refractivity contribution in [2.24, 2.45) is 0 Å². The lowest BCUT2D eigenvalue weighted by atomic mass is 11.1. The van der Waals surface area contributed by atoms with Crippen LogP contribution in [0.2, 0.25) is 0 Å². The predicted molar refractivity (Wildman–Crippen MR) is 25.5 cm³/mol. The molecule has 54 valence electrons. The van der Waals surface area contributed by atoms with Crippen LogP contribution in [-0.2, 0) is 20.6 Å². The van der Waals surface area contributed by atoms with Crippen LogP contribution in [-0.4, -0.2) is 21.9 Å². The molecule has 1 N–H and O–H groups in total. The maximum absolute atomic E-state index is 9.98. The van der Waals surface area contributed by atoms with Gasteiger partial charge in [-0.2, -0.15) is 0 Å². The van der Waals surface area contributed by atoms with Gasteiger partial charge in [-0.05, 0) is 0 Å². The van der Waals surface area contributed by atoms with E-state index >= 15 is 0 Å². The highest BCUT2D eigenvalue weighted by molar-refractivity contribution is 7.73. The number of hydrogen-bond acceptors (Lipinski definition) is 5. The van der Waals surface area contributed by atoms with Crippen LogP contribution in [0.3, 0.4) is 0 Å². The van der Waals surface area contributed by atoms with Crippen LogP contribution in [0.25, 0.3) is 0 Å². The Bertz CT molecular complexity index is 124. The molecule has 0 saturated heterocycles. The fourth-order valence-corrected chi connectivity index (χ4v) is 0.218. The average molecular weight is 154 g/mol. The summed E-state index contributed by atoms with van der Waals surface area (Å²) < 4.78 is 22.4. The van der Waals surface area contributed by atoms with E-state index in [1.807, 2.05) is 5.32 Å². The minimum atomic E-state index is -2.82. The van der Waals surface area contributed by atoms with Gasteiger partial charge in [-0.25, -0.2) is 9.00 Å². The standard InChI is InChI=1S/C2H5NO5S/c1-3-2(4)7-8-9(5)6/h1H3,(H,3,4)(H,5,6)/p-1. The van der Waals surface area contributed by atoms with Crippen molar-refractivity contribution in [1.82, 2.24) is 5.32 Å². The van der Waals surface area contributed by atoms with Gasteiger partial charge in [-0.1, -0.05) is 4.33 Å². The van der Waals surface area contributed by atoms with Crippen LogP contribution in [0.5, 0.6) is 0 Å². The molecule has 0 aromatic carbocycles. The van der Waals surface area contributed by atoms with Gasteiger partial charge in [0.1, 0.15) is 11.4 Å². The predicted octanol–water partition coefficient (Wildman–Crippen LogP) is -0.932. The first-order valence-electron chi connectivity index (χ1n) is 1.82. The van der Waals surface area contributed by atoms with E-state index in [1.54, 1.807) is 0 Å². The average Bonchev–Trinajstić information content (AvgIpc) is 1.83. The molecule has 0 aromatic rings. The van der Waals surface area contributed by atoms with Gasteiger partial charge >= 0.3 is 6.09 Å². The fourth-order valence-electron chi connectivity index (χ4n) is 0.100. The maximum atomic E-state index is 9.98. The van der Waals surface area contributed by atoms with Gasteiger partial charge in [0.15, 0.2) is 0 Å². The van der Waals surface area contributed by atoms with Crippen molar-refractivity contribution in [2.45, 2.75) is 0 Å². The normalized spacial score (nSPS) is 12.2. The maximum Gasteiger partial charge on any atom is 0.439 e. The van der Waals surface area contributed by atoms with E-state index in [2.05, 4.69) is 9.22 Å². The zero-order chi connectivity index (χ0) is 7.28. The molecule has 0 saturated carbocycles. The zero-order valence-electron chi connectivity index (χ0n) is 4.45. The minimum Gasteiger partial charge on any atom is -0.747 e. The van der Waals surface area contributed by atoms with Crippen molar-refractivity contribution in [3.8, 4) is 0 Å². The first kappa shape index (κ1) is 8.34. The molecule has 1 amide bonds. The number of nitrogens with one attached hydrogen (secondary N) is 1. The van der Waals surface area contributed by atoms with Crippen molar-refractivity contribution in [2.75, 3.05) is 7.05 Å². The molecule has 9 heavy (non-hydrogen) atoms. The van der Waals surface area contributed by atoms with Crippen LogP contribution < -0.4 is 5.32 Å². The molecular formula is C2H4NO5S-. The summed E-state index contributed by atoms with van der Waals surface area (Å²) in [5.74, 6) is 0. The van der Waals surface area contributed by atoms with Gasteiger partial charge in [0.05, 0.1) is 0 Å². The molecule has 0 rings (SSSR count). The molecule has 0 fully saturated rings. The molecule has 0 aromatic heterocycles. The van der Waals surface area contributed by atoms with E-state index in [9.17, 15) is 13.6 Å². The van der Waals surface area contributed by atoms with Gasteiger partial charge < -0.3 is 9.87 Å². The van der Waals surface area contributed by atoms with Gasteiger partial charge in [-0.3, -0.25) is 4.89 Å². The highest BCUT2D eigenvalue weighted by Crippen LogP contribution is 1.81. The van der Waals surface area contributed by atoms with Crippen LogP contribution in [0, 0.1) is 0 Å². The molecule has 0 aliphatic heterocycles. The number of carbonyl (C=O) groups excluding carboxylic acids is 1. The Kier molecular flexibility index (Phi) is 3.93. The molecule has 6 nitrogen and oxygen atoms in total. The highest BCUT2D eigenvalue weighted by Gasteiger charge is 1.96. The molecule has 1 unspecified atom stereocenters. The van der Waals surface area contributed by atoms with Gasteiger partial charge in [-0.15, -0.1) is 0 Å². The van der Waals surface area contributed by atoms with Crippen LogP contribution in [0.15, 0.2) is 0 Å². The first-order valence-corrected chi connectivity index (χ1v) is 2.82. The fraction of sp³-hybridized carbons (Fsp3) is 0.500. The Labute approximate surface area is 53.6 Å². The minimum absolute atomic E-state index is 0.973. The van der Waals surface area contributed by atoms with E-state index in [-0.39, 0.29) is 0 Å². The summed E-state index contributed by atoms with van der Waals surface area (Å²) in [7, 11) is 1.26. The van der Waals surface area contributed by atoms with E-state index < -0.39 is 17.5 Å². The second-order valence-electron chi connectivity index (χ2n) is 0.893. The zero-order valence-corrected chi connectivity index (χ0v) is 5.27. The van der Waals surface area contributed by atoms with Crippen molar-refractivity contribution >= 4 is 17.5 Å². The Morgan fingerprint density at radius 1 is 1.78 bits per heavy atom. The second kappa shape index (κ2) is 4.24. The third-order valence-electron chi connectivity index (χ3n) is 0.369. The van der Waals surface area contributed by atoms with E-state index in [0.717, 1.165) is 0 Å². The molecule has 0 radical (unpaired) electrons. The van der Waals surface area contributed by atoms with Crippen molar-refractivity contribution in [3.63, 3.8) is 0 Å². The smallest absolute Gasteiger partial charge is 0.439 e. The molecule has 1 atom stereocenters. The summed E-state index contributed by atoms with van der Waals surface area (Å²) in [6.07, 6.45) is -0.973. The lowest BCUT2D eigenvalue weighted by Crippen LogP contribution is -2.19. The van der Waals surface area contributed by atoms with Gasteiger partial charge in [0.25, 0.3) is 0 Å². The third-order valence-corrected chi connectivity index (χ3v) is 0.549. The Morgan fingerprint density at radius 2 is 2.33 bits per heavy atom. The second-order valence-corrected chi connectivity index (χ2v) is 1.44. The van der Waals surface area contributed by atoms with Crippen molar-refractivity contribution in [3.05, 3.63) is 0 Å². The number of carbonyl (C=O) groups is 1. The highest BCUT2D eigenvalue weighted by atomic mass is 32.2.